The van der Waals surface area contributed by atoms with E-state index >= 15 is 0 Å². The minimum Gasteiger partial charge on any atom is -0.486 e. The van der Waals surface area contributed by atoms with Gasteiger partial charge in [-0.2, -0.15) is 5.10 Å². The Morgan fingerprint density at radius 3 is 2.66 bits per heavy atom. The molecule has 1 aromatic heterocycles. The summed E-state index contributed by atoms with van der Waals surface area (Å²) >= 11 is 9.93. The number of halogens is 2. The average Bonchev–Trinajstić information content (AvgIpc) is 2.79. The number of rotatable bonds is 7. The number of fused-ring (bicyclic) bond motifs is 1. The number of ether oxygens (including phenoxy) is 1. The maximum atomic E-state index is 10.7. The molecule has 9 heteroatoms. The van der Waals surface area contributed by atoms with Gasteiger partial charge in [0.05, 0.1) is 20.6 Å². The molecule has 4 aromatic rings. The van der Waals surface area contributed by atoms with E-state index in [1.54, 1.807) is 12.3 Å². The fourth-order valence-corrected chi connectivity index (χ4v) is 4.00. The van der Waals surface area contributed by atoms with E-state index in [9.17, 15) is 10.1 Å². The van der Waals surface area contributed by atoms with Crippen molar-refractivity contribution in [3.63, 3.8) is 0 Å². The highest BCUT2D eigenvalue weighted by molar-refractivity contribution is 9.10. The van der Waals surface area contributed by atoms with Crippen LogP contribution in [0.1, 0.15) is 11.1 Å². The highest BCUT2D eigenvalue weighted by Gasteiger charge is 2.10. The molecule has 0 saturated carbocycles. The van der Waals surface area contributed by atoms with Crippen molar-refractivity contribution >= 4 is 56.0 Å². The molecule has 0 spiro atoms. The topological polar surface area (TPSA) is 89.7 Å². The Kier molecular flexibility index (Phi) is 6.63. The van der Waals surface area contributed by atoms with E-state index in [4.69, 9.17) is 16.3 Å². The molecular weight excluding hydrogens is 496 g/mol. The van der Waals surface area contributed by atoms with E-state index in [1.165, 1.54) is 17.5 Å². The molecular formula is C23H16BrClN4O3. The molecule has 0 aliphatic rings. The predicted octanol–water partition coefficient (Wildman–Crippen LogP) is 6.58. The van der Waals surface area contributed by atoms with Crippen molar-refractivity contribution in [2.75, 3.05) is 5.43 Å². The minimum atomic E-state index is -0.511. The molecule has 0 bridgehead atoms. The second-order valence-corrected chi connectivity index (χ2v) is 8.07. The molecule has 1 N–H and O–H groups in total. The molecule has 32 heavy (non-hydrogen) atoms. The first kappa shape index (κ1) is 21.7. The summed E-state index contributed by atoms with van der Waals surface area (Å²) in [5.74, 6) is 0.925. The van der Waals surface area contributed by atoms with Crippen LogP contribution in [0.5, 0.6) is 5.75 Å². The van der Waals surface area contributed by atoms with E-state index in [0.717, 1.165) is 22.7 Å². The number of hydrogen-bond donors (Lipinski definition) is 1. The van der Waals surface area contributed by atoms with Crippen LogP contribution in [-0.4, -0.2) is 16.1 Å². The maximum absolute atomic E-state index is 10.7. The normalized spacial score (nSPS) is 11.1. The minimum absolute atomic E-state index is 0.0884. The van der Waals surface area contributed by atoms with E-state index in [-0.39, 0.29) is 5.69 Å². The zero-order chi connectivity index (χ0) is 22.5. The van der Waals surface area contributed by atoms with Crippen molar-refractivity contribution in [2.24, 2.45) is 5.10 Å². The van der Waals surface area contributed by atoms with Crippen LogP contribution >= 0.6 is 27.5 Å². The molecule has 1 heterocycles. The number of nitro groups is 1. The van der Waals surface area contributed by atoms with Crippen LogP contribution in [0.25, 0.3) is 10.8 Å². The van der Waals surface area contributed by atoms with Gasteiger partial charge in [0.2, 0.25) is 0 Å². The summed E-state index contributed by atoms with van der Waals surface area (Å²) in [5.41, 5.74) is 4.40. The van der Waals surface area contributed by atoms with Gasteiger partial charge in [0, 0.05) is 6.07 Å². The highest BCUT2D eigenvalue weighted by Crippen LogP contribution is 2.35. The summed E-state index contributed by atoms with van der Waals surface area (Å²) < 4.78 is 6.65. The number of pyridine rings is 1. The van der Waals surface area contributed by atoms with E-state index in [0.29, 0.717) is 27.7 Å². The van der Waals surface area contributed by atoms with Gasteiger partial charge < -0.3 is 4.74 Å². The van der Waals surface area contributed by atoms with Crippen LogP contribution in [-0.2, 0) is 6.61 Å². The van der Waals surface area contributed by atoms with E-state index in [1.807, 2.05) is 24.3 Å². The number of hydrazone groups is 1. The van der Waals surface area contributed by atoms with Crippen molar-refractivity contribution in [3.05, 3.63) is 104 Å². The lowest BCUT2D eigenvalue weighted by molar-refractivity contribution is -0.385. The quantitative estimate of drug-likeness (QED) is 0.172. The SMILES string of the molecule is O=[N+]([O-])c1ccc(NN=Cc2cc(Cl)c(OCc3ccc4ccccc4c3)c(Br)c2)nc1. The monoisotopic (exact) mass is 510 g/mol. The van der Waals surface area contributed by atoms with Crippen molar-refractivity contribution in [3.8, 4) is 5.75 Å². The van der Waals surface area contributed by atoms with Crippen LogP contribution in [0, 0.1) is 10.1 Å². The Morgan fingerprint density at radius 2 is 1.94 bits per heavy atom. The second-order valence-electron chi connectivity index (χ2n) is 6.81. The summed E-state index contributed by atoms with van der Waals surface area (Å²) in [4.78, 5) is 14.1. The number of nitrogens with one attached hydrogen (secondary N) is 1. The first-order valence-corrected chi connectivity index (χ1v) is 10.7. The van der Waals surface area contributed by atoms with Crippen LogP contribution in [0.15, 0.2) is 82.5 Å². The summed E-state index contributed by atoms with van der Waals surface area (Å²) in [6.07, 6.45) is 2.72. The molecule has 160 valence electrons. The lowest BCUT2D eigenvalue weighted by Crippen LogP contribution is -1.98. The fourth-order valence-electron chi connectivity index (χ4n) is 3.01. The van der Waals surface area contributed by atoms with Crippen LogP contribution in [0.4, 0.5) is 11.5 Å². The van der Waals surface area contributed by atoms with Gasteiger partial charge >= 0.3 is 0 Å². The number of aromatic nitrogens is 1. The van der Waals surface area contributed by atoms with Gasteiger partial charge in [-0.15, -0.1) is 0 Å². The lowest BCUT2D eigenvalue weighted by Gasteiger charge is -2.11. The summed E-state index contributed by atoms with van der Waals surface area (Å²) in [5, 5.41) is 17.5. The maximum Gasteiger partial charge on any atom is 0.287 e. The van der Waals surface area contributed by atoms with Gasteiger partial charge in [-0.1, -0.05) is 48.0 Å². The Labute approximate surface area is 197 Å². The third-order valence-electron chi connectivity index (χ3n) is 4.57. The molecule has 0 aliphatic carbocycles. The zero-order valence-corrected chi connectivity index (χ0v) is 18.9. The summed E-state index contributed by atoms with van der Waals surface area (Å²) in [6.45, 7) is 0.379. The van der Waals surface area contributed by atoms with Gasteiger partial charge in [-0.05, 0) is 62.1 Å². The summed E-state index contributed by atoms with van der Waals surface area (Å²) in [7, 11) is 0. The van der Waals surface area contributed by atoms with Crippen molar-refractivity contribution in [2.45, 2.75) is 6.61 Å². The van der Waals surface area contributed by atoms with Gasteiger partial charge in [-0.25, -0.2) is 4.98 Å². The van der Waals surface area contributed by atoms with Gasteiger partial charge in [0.1, 0.15) is 18.6 Å². The number of benzene rings is 3. The smallest absolute Gasteiger partial charge is 0.287 e. The predicted molar refractivity (Wildman–Crippen MR) is 130 cm³/mol. The second kappa shape index (κ2) is 9.76. The standard InChI is InChI=1S/C23H16BrClN4O3/c24-20-10-16(12-27-28-22-8-7-19(13-26-22)29(30)31)11-21(25)23(20)32-14-15-5-6-17-3-1-2-4-18(17)9-15/h1-13H,14H2,(H,26,28). The van der Waals surface area contributed by atoms with Crippen molar-refractivity contribution < 1.29 is 9.66 Å². The molecule has 0 saturated heterocycles. The van der Waals surface area contributed by atoms with Gasteiger partial charge in [-0.3, -0.25) is 15.5 Å². The molecule has 0 fully saturated rings. The molecule has 0 atom stereocenters. The first-order chi connectivity index (χ1) is 15.5. The Morgan fingerprint density at radius 1 is 1.12 bits per heavy atom. The molecule has 0 amide bonds. The van der Waals surface area contributed by atoms with Crippen LogP contribution in [0.3, 0.4) is 0 Å². The fraction of sp³-hybridized carbons (Fsp3) is 0.0435. The van der Waals surface area contributed by atoms with Gasteiger partial charge in [0.15, 0.2) is 5.75 Å². The van der Waals surface area contributed by atoms with Crippen molar-refractivity contribution in [1.29, 1.82) is 0 Å². The van der Waals surface area contributed by atoms with Gasteiger partial charge in [0.25, 0.3) is 5.69 Å². The number of hydrogen-bond acceptors (Lipinski definition) is 6. The van der Waals surface area contributed by atoms with E-state index in [2.05, 4.69) is 55.7 Å². The number of anilines is 1. The Bertz CT molecular complexity index is 1290. The highest BCUT2D eigenvalue weighted by atomic mass is 79.9. The van der Waals surface area contributed by atoms with Crippen LogP contribution in [0.2, 0.25) is 5.02 Å². The first-order valence-electron chi connectivity index (χ1n) is 9.48. The molecule has 0 aliphatic heterocycles. The molecule has 0 radical (unpaired) electrons. The lowest BCUT2D eigenvalue weighted by atomic mass is 10.1. The average molecular weight is 512 g/mol. The molecule has 4 rings (SSSR count). The van der Waals surface area contributed by atoms with Crippen molar-refractivity contribution in [1.82, 2.24) is 4.98 Å². The third kappa shape index (κ3) is 5.22. The Hall–Kier alpha value is -3.49. The third-order valence-corrected chi connectivity index (χ3v) is 5.44. The summed E-state index contributed by atoms with van der Waals surface area (Å²) in [6, 6.07) is 20.7. The zero-order valence-electron chi connectivity index (χ0n) is 16.5. The largest absolute Gasteiger partial charge is 0.486 e. The van der Waals surface area contributed by atoms with Crippen LogP contribution < -0.4 is 10.2 Å². The molecule has 7 nitrogen and oxygen atoms in total. The van der Waals surface area contributed by atoms with E-state index < -0.39 is 4.92 Å². The number of nitrogens with zero attached hydrogens (tertiary/aromatic N) is 3. The Balaban J connectivity index is 1.41. The molecule has 3 aromatic carbocycles. The molecule has 0 unspecified atom stereocenters.